The van der Waals surface area contributed by atoms with Crippen molar-refractivity contribution in [2.24, 2.45) is 0 Å². The van der Waals surface area contributed by atoms with E-state index in [1.165, 1.54) is 0 Å². The topological polar surface area (TPSA) is 86.9 Å². The molecule has 1 aromatic carbocycles. The molecule has 3 heterocycles. The van der Waals surface area contributed by atoms with E-state index in [4.69, 9.17) is 0 Å². The van der Waals surface area contributed by atoms with E-state index in [1.54, 1.807) is 21.7 Å². The van der Waals surface area contributed by atoms with E-state index in [2.05, 4.69) is 10.4 Å². The normalized spacial score (nSPS) is 17.1. The zero-order valence-corrected chi connectivity index (χ0v) is 14.7. The van der Waals surface area contributed by atoms with Gasteiger partial charge in [-0.15, -0.1) is 0 Å². The van der Waals surface area contributed by atoms with Crippen LogP contribution in [-0.4, -0.2) is 57.2 Å². The molecule has 138 valence electrons. The van der Waals surface area contributed by atoms with E-state index in [-0.39, 0.29) is 24.8 Å². The second-order valence-corrected chi connectivity index (χ2v) is 6.49. The summed E-state index contributed by atoms with van der Waals surface area (Å²) in [4.78, 5) is 26.7. The fourth-order valence-corrected chi connectivity index (χ4v) is 3.51. The fraction of sp³-hybridized carbons (Fsp3) is 0.250. The number of aliphatic hydroxyl groups excluding tert-OH is 1. The number of aliphatic hydroxyl groups is 1. The summed E-state index contributed by atoms with van der Waals surface area (Å²) in [5.74, 6) is -0.427. The molecule has 1 aliphatic heterocycles. The van der Waals surface area contributed by atoms with Crippen LogP contribution in [0.3, 0.4) is 0 Å². The van der Waals surface area contributed by atoms with Crippen molar-refractivity contribution in [3.63, 3.8) is 0 Å². The molecule has 0 spiro atoms. The maximum absolute atomic E-state index is 13.1. The molecule has 2 N–H and O–H groups in total. The SMILES string of the molecule is O=C1NCCN(C(=O)c2cccc(-c3cnn4ccccc34)c2)[C@@H]1CCO. The third kappa shape index (κ3) is 3.17. The maximum atomic E-state index is 13.1. The molecule has 0 bridgehead atoms. The summed E-state index contributed by atoms with van der Waals surface area (Å²) >= 11 is 0. The lowest BCUT2D eigenvalue weighted by Gasteiger charge is -2.34. The Bertz CT molecular complexity index is 998. The molecule has 2 amide bonds. The van der Waals surface area contributed by atoms with Crippen molar-refractivity contribution in [3.05, 3.63) is 60.4 Å². The number of amides is 2. The Labute approximate surface area is 156 Å². The first-order valence-corrected chi connectivity index (χ1v) is 8.91. The van der Waals surface area contributed by atoms with Crippen LogP contribution >= 0.6 is 0 Å². The predicted molar refractivity (Wildman–Crippen MR) is 100 cm³/mol. The maximum Gasteiger partial charge on any atom is 0.254 e. The molecule has 27 heavy (non-hydrogen) atoms. The lowest BCUT2D eigenvalue weighted by Crippen LogP contribution is -2.57. The van der Waals surface area contributed by atoms with E-state index in [0.717, 1.165) is 16.6 Å². The number of hydrogen-bond donors (Lipinski definition) is 2. The highest BCUT2D eigenvalue weighted by molar-refractivity contribution is 5.99. The lowest BCUT2D eigenvalue weighted by atomic mass is 10.0. The van der Waals surface area contributed by atoms with Gasteiger partial charge in [0.25, 0.3) is 5.91 Å². The van der Waals surface area contributed by atoms with Crippen molar-refractivity contribution in [2.45, 2.75) is 12.5 Å². The van der Waals surface area contributed by atoms with Crippen LogP contribution in [-0.2, 0) is 4.79 Å². The van der Waals surface area contributed by atoms with Crippen molar-refractivity contribution < 1.29 is 14.7 Å². The number of fused-ring (bicyclic) bond motifs is 1. The van der Waals surface area contributed by atoms with Gasteiger partial charge in [0.15, 0.2) is 0 Å². The number of nitrogens with zero attached hydrogens (tertiary/aromatic N) is 3. The van der Waals surface area contributed by atoms with Crippen molar-refractivity contribution in [1.29, 1.82) is 0 Å². The molecular formula is C20H20N4O3. The standard InChI is InChI=1S/C20H20N4O3/c25-11-7-18-19(26)21-8-10-23(18)20(27)15-5-3-4-14(12-15)16-13-22-24-9-2-1-6-17(16)24/h1-6,9,12-13,18,25H,7-8,10-11H2,(H,21,26)/t18-/m1/s1. The number of benzene rings is 1. The van der Waals surface area contributed by atoms with Crippen LogP contribution in [0.1, 0.15) is 16.8 Å². The minimum absolute atomic E-state index is 0.149. The molecular weight excluding hydrogens is 344 g/mol. The van der Waals surface area contributed by atoms with Gasteiger partial charge in [-0.25, -0.2) is 4.52 Å². The Hall–Kier alpha value is -3.19. The third-order valence-electron chi connectivity index (χ3n) is 4.84. The fourth-order valence-electron chi connectivity index (χ4n) is 3.51. The van der Waals surface area contributed by atoms with Crippen LogP contribution < -0.4 is 5.32 Å². The Morgan fingerprint density at radius 1 is 1.26 bits per heavy atom. The van der Waals surface area contributed by atoms with Gasteiger partial charge in [0.1, 0.15) is 6.04 Å². The van der Waals surface area contributed by atoms with Crippen LogP contribution in [0.25, 0.3) is 16.6 Å². The van der Waals surface area contributed by atoms with Gasteiger partial charge in [-0.1, -0.05) is 18.2 Å². The molecule has 2 aromatic heterocycles. The first kappa shape index (κ1) is 17.2. The van der Waals surface area contributed by atoms with E-state index < -0.39 is 6.04 Å². The number of carbonyl (C=O) groups is 2. The summed E-state index contributed by atoms with van der Waals surface area (Å²) in [6.45, 7) is 0.695. The Morgan fingerprint density at radius 2 is 2.15 bits per heavy atom. The Kier molecular flexibility index (Phi) is 4.60. The molecule has 7 nitrogen and oxygen atoms in total. The van der Waals surface area contributed by atoms with Gasteiger partial charge < -0.3 is 15.3 Å². The molecule has 1 saturated heterocycles. The minimum Gasteiger partial charge on any atom is -0.396 e. The molecule has 0 saturated carbocycles. The van der Waals surface area contributed by atoms with Gasteiger partial charge >= 0.3 is 0 Å². The average Bonchev–Trinajstić information content (AvgIpc) is 3.13. The molecule has 7 heteroatoms. The second kappa shape index (κ2) is 7.20. The first-order chi connectivity index (χ1) is 13.2. The largest absolute Gasteiger partial charge is 0.396 e. The molecule has 0 unspecified atom stereocenters. The Balaban J connectivity index is 1.67. The third-order valence-corrected chi connectivity index (χ3v) is 4.84. The van der Waals surface area contributed by atoms with Crippen molar-refractivity contribution in [3.8, 4) is 11.1 Å². The van der Waals surface area contributed by atoms with Gasteiger partial charge in [-0.2, -0.15) is 5.10 Å². The van der Waals surface area contributed by atoms with Crippen LogP contribution in [0, 0.1) is 0 Å². The van der Waals surface area contributed by atoms with Gasteiger partial charge in [0, 0.05) is 37.0 Å². The van der Waals surface area contributed by atoms with E-state index in [9.17, 15) is 14.7 Å². The smallest absolute Gasteiger partial charge is 0.254 e. The minimum atomic E-state index is -0.642. The van der Waals surface area contributed by atoms with E-state index >= 15 is 0 Å². The summed E-state index contributed by atoms with van der Waals surface area (Å²) in [5, 5.41) is 16.3. The lowest BCUT2D eigenvalue weighted by molar-refractivity contribution is -0.128. The molecule has 1 atom stereocenters. The zero-order chi connectivity index (χ0) is 18.8. The molecule has 4 rings (SSSR count). The van der Waals surface area contributed by atoms with E-state index in [0.29, 0.717) is 18.7 Å². The van der Waals surface area contributed by atoms with Gasteiger partial charge in [0.05, 0.1) is 11.7 Å². The second-order valence-electron chi connectivity index (χ2n) is 6.49. The number of pyridine rings is 1. The number of piperazine rings is 1. The van der Waals surface area contributed by atoms with Crippen LogP contribution in [0.2, 0.25) is 0 Å². The Morgan fingerprint density at radius 3 is 3.00 bits per heavy atom. The molecule has 1 aliphatic rings. The predicted octanol–water partition coefficient (Wildman–Crippen LogP) is 1.32. The quantitative estimate of drug-likeness (QED) is 0.731. The average molecular weight is 364 g/mol. The van der Waals surface area contributed by atoms with Crippen LogP contribution in [0.4, 0.5) is 0 Å². The van der Waals surface area contributed by atoms with Crippen molar-refractivity contribution in [1.82, 2.24) is 19.8 Å². The van der Waals surface area contributed by atoms with Crippen molar-refractivity contribution >= 4 is 17.3 Å². The van der Waals surface area contributed by atoms with E-state index in [1.807, 2.05) is 42.6 Å². The molecule has 1 fully saturated rings. The highest BCUT2D eigenvalue weighted by Gasteiger charge is 2.33. The van der Waals surface area contributed by atoms with Crippen LogP contribution in [0.15, 0.2) is 54.9 Å². The molecule has 3 aromatic rings. The zero-order valence-electron chi connectivity index (χ0n) is 14.7. The highest BCUT2D eigenvalue weighted by Crippen LogP contribution is 2.26. The van der Waals surface area contributed by atoms with Gasteiger partial charge in [-0.3, -0.25) is 9.59 Å². The first-order valence-electron chi connectivity index (χ1n) is 8.91. The summed E-state index contributed by atoms with van der Waals surface area (Å²) in [5.41, 5.74) is 3.30. The summed E-state index contributed by atoms with van der Waals surface area (Å²) in [7, 11) is 0. The van der Waals surface area contributed by atoms with Crippen LogP contribution in [0.5, 0.6) is 0 Å². The number of rotatable bonds is 4. The van der Waals surface area contributed by atoms with Gasteiger partial charge in [-0.05, 0) is 36.2 Å². The number of carbonyl (C=O) groups excluding carboxylic acids is 2. The number of hydrogen-bond acceptors (Lipinski definition) is 4. The van der Waals surface area contributed by atoms with Crippen molar-refractivity contribution in [2.75, 3.05) is 19.7 Å². The summed E-state index contributed by atoms with van der Waals surface area (Å²) < 4.78 is 1.79. The monoisotopic (exact) mass is 364 g/mol. The number of aromatic nitrogens is 2. The molecule has 0 aliphatic carbocycles. The summed E-state index contributed by atoms with van der Waals surface area (Å²) in [6.07, 6.45) is 3.88. The molecule has 0 radical (unpaired) electrons. The summed E-state index contributed by atoms with van der Waals surface area (Å²) in [6, 6.07) is 12.5. The van der Waals surface area contributed by atoms with Gasteiger partial charge in [0.2, 0.25) is 5.91 Å². The highest BCUT2D eigenvalue weighted by atomic mass is 16.3. The number of nitrogens with one attached hydrogen (secondary N) is 1.